The topological polar surface area (TPSA) is 67.6 Å². The minimum atomic E-state index is -0.273. The molecular weight excluding hydrogens is 254 g/mol. The van der Waals surface area contributed by atoms with Crippen LogP contribution >= 0.6 is 0 Å². The van der Waals surface area contributed by atoms with Crippen molar-refractivity contribution in [1.82, 2.24) is 5.32 Å². The number of urea groups is 1. The van der Waals surface area contributed by atoms with Gasteiger partial charge in [-0.3, -0.25) is 4.90 Å². The molecule has 0 saturated heterocycles. The minimum Gasteiger partial charge on any atom is -0.497 e. The second kappa shape index (κ2) is 7.14. The molecule has 112 valence electrons. The molecule has 0 aliphatic rings. The molecule has 20 heavy (non-hydrogen) atoms. The Bertz CT molecular complexity index is 424. The summed E-state index contributed by atoms with van der Waals surface area (Å²) < 4.78 is 5.13. The third-order valence-corrected chi connectivity index (χ3v) is 2.70. The van der Waals surface area contributed by atoms with Crippen LogP contribution in [0.1, 0.15) is 27.2 Å². The number of methoxy groups -OCH3 is 1. The van der Waals surface area contributed by atoms with E-state index < -0.39 is 0 Å². The fourth-order valence-electron chi connectivity index (χ4n) is 1.75. The van der Waals surface area contributed by atoms with Crippen molar-refractivity contribution in [3.8, 4) is 5.75 Å². The van der Waals surface area contributed by atoms with Crippen LogP contribution in [0.4, 0.5) is 10.5 Å². The minimum absolute atomic E-state index is 0.115. The molecule has 1 aromatic rings. The highest BCUT2D eigenvalue weighted by molar-refractivity contribution is 5.92. The Kier molecular flexibility index (Phi) is 5.82. The SMILES string of the molecule is COc1ccc(N(CCCN)C(=O)NC(C)(C)C)cc1. The van der Waals surface area contributed by atoms with Crippen molar-refractivity contribution in [2.45, 2.75) is 32.7 Å². The van der Waals surface area contributed by atoms with Gasteiger partial charge in [-0.15, -0.1) is 0 Å². The summed E-state index contributed by atoms with van der Waals surface area (Å²) in [5.74, 6) is 0.767. The fourth-order valence-corrected chi connectivity index (χ4v) is 1.75. The van der Waals surface area contributed by atoms with Crippen LogP contribution in [-0.2, 0) is 0 Å². The highest BCUT2D eigenvalue weighted by atomic mass is 16.5. The van der Waals surface area contributed by atoms with E-state index >= 15 is 0 Å². The van der Waals surface area contributed by atoms with Gasteiger partial charge < -0.3 is 15.8 Å². The van der Waals surface area contributed by atoms with Crippen LogP contribution in [0.2, 0.25) is 0 Å². The Morgan fingerprint density at radius 2 is 1.90 bits per heavy atom. The standard InChI is InChI=1S/C15H25N3O2/c1-15(2,3)17-14(19)18(11-5-10-16)12-6-8-13(20-4)9-7-12/h6-9H,5,10-11,16H2,1-4H3,(H,17,19). The number of hydrogen-bond donors (Lipinski definition) is 2. The quantitative estimate of drug-likeness (QED) is 0.869. The lowest BCUT2D eigenvalue weighted by atomic mass is 10.1. The summed E-state index contributed by atoms with van der Waals surface area (Å²) in [6.07, 6.45) is 0.754. The van der Waals surface area contributed by atoms with Gasteiger partial charge >= 0.3 is 6.03 Å². The molecule has 5 heteroatoms. The largest absolute Gasteiger partial charge is 0.497 e. The van der Waals surface area contributed by atoms with Gasteiger partial charge in [0, 0.05) is 17.8 Å². The van der Waals surface area contributed by atoms with Crippen molar-refractivity contribution in [3.63, 3.8) is 0 Å². The molecule has 1 rings (SSSR count). The summed E-state index contributed by atoms with van der Waals surface area (Å²) in [6.45, 7) is 7.01. The fraction of sp³-hybridized carbons (Fsp3) is 0.533. The van der Waals surface area contributed by atoms with Crippen LogP contribution in [-0.4, -0.2) is 31.8 Å². The third-order valence-electron chi connectivity index (χ3n) is 2.70. The number of hydrogen-bond acceptors (Lipinski definition) is 3. The number of nitrogens with zero attached hydrogens (tertiary/aromatic N) is 1. The van der Waals surface area contributed by atoms with E-state index in [0.29, 0.717) is 13.1 Å². The molecule has 2 amide bonds. The van der Waals surface area contributed by atoms with Gasteiger partial charge in [0.05, 0.1) is 7.11 Å². The van der Waals surface area contributed by atoms with E-state index in [4.69, 9.17) is 10.5 Å². The number of amides is 2. The smallest absolute Gasteiger partial charge is 0.322 e. The van der Waals surface area contributed by atoms with Crippen LogP contribution in [0.25, 0.3) is 0 Å². The van der Waals surface area contributed by atoms with Crippen molar-refractivity contribution >= 4 is 11.7 Å². The molecule has 0 spiro atoms. The predicted octanol–water partition coefficient (Wildman–Crippen LogP) is 2.36. The Balaban J connectivity index is 2.89. The predicted molar refractivity (Wildman–Crippen MR) is 82.3 cm³/mol. The van der Waals surface area contributed by atoms with Gasteiger partial charge in [0.15, 0.2) is 0 Å². The summed E-state index contributed by atoms with van der Waals surface area (Å²) in [4.78, 5) is 14.1. The van der Waals surface area contributed by atoms with E-state index in [1.54, 1.807) is 12.0 Å². The van der Waals surface area contributed by atoms with Gasteiger partial charge in [-0.1, -0.05) is 0 Å². The molecule has 0 fully saturated rings. The summed E-state index contributed by atoms with van der Waals surface area (Å²) in [5, 5.41) is 2.97. The number of carbonyl (C=O) groups excluding carboxylic acids is 1. The van der Waals surface area contributed by atoms with E-state index in [1.807, 2.05) is 45.0 Å². The van der Waals surface area contributed by atoms with Gasteiger partial charge in [0.25, 0.3) is 0 Å². The van der Waals surface area contributed by atoms with Crippen molar-refractivity contribution < 1.29 is 9.53 Å². The van der Waals surface area contributed by atoms with Gasteiger partial charge in [0.2, 0.25) is 0 Å². The monoisotopic (exact) mass is 279 g/mol. The van der Waals surface area contributed by atoms with E-state index in [0.717, 1.165) is 17.9 Å². The third kappa shape index (κ3) is 5.09. The number of nitrogens with one attached hydrogen (secondary N) is 1. The lowest BCUT2D eigenvalue weighted by molar-refractivity contribution is 0.237. The first kappa shape index (κ1) is 16.3. The number of rotatable bonds is 5. The first-order valence-electron chi connectivity index (χ1n) is 6.81. The molecule has 3 N–H and O–H groups in total. The van der Waals surface area contributed by atoms with Crippen LogP contribution in [0.3, 0.4) is 0 Å². The van der Waals surface area contributed by atoms with Crippen molar-refractivity contribution in [2.75, 3.05) is 25.1 Å². The van der Waals surface area contributed by atoms with Crippen LogP contribution in [0.15, 0.2) is 24.3 Å². The number of carbonyl (C=O) groups is 1. The highest BCUT2D eigenvalue weighted by Gasteiger charge is 2.20. The molecule has 0 heterocycles. The molecule has 0 aliphatic carbocycles. The molecule has 0 unspecified atom stereocenters. The lowest BCUT2D eigenvalue weighted by Crippen LogP contribution is -2.49. The Morgan fingerprint density at radius 1 is 1.30 bits per heavy atom. The summed E-state index contributed by atoms with van der Waals surface area (Å²) in [7, 11) is 1.62. The summed E-state index contributed by atoms with van der Waals surface area (Å²) in [6, 6.07) is 7.32. The van der Waals surface area contributed by atoms with Crippen molar-refractivity contribution in [3.05, 3.63) is 24.3 Å². The first-order chi connectivity index (χ1) is 9.37. The average Bonchev–Trinajstić information content (AvgIpc) is 2.38. The van der Waals surface area contributed by atoms with Gasteiger partial charge in [-0.05, 0) is 58.0 Å². The van der Waals surface area contributed by atoms with Crippen LogP contribution < -0.4 is 20.7 Å². The van der Waals surface area contributed by atoms with Gasteiger partial charge in [0.1, 0.15) is 5.75 Å². The summed E-state index contributed by atoms with van der Waals surface area (Å²) >= 11 is 0. The Morgan fingerprint density at radius 3 is 2.35 bits per heavy atom. The maximum Gasteiger partial charge on any atom is 0.322 e. The first-order valence-corrected chi connectivity index (χ1v) is 6.81. The molecule has 0 bridgehead atoms. The molecule has 0 aromatic heterocycles. The normalized spacial score (nSPS) is 11.1. The number of benzene rings is 1. The zero-order valence-electron chi connectivity index (χ0n) is 12.8. The maximum absolute atomic E-state index is 12.4. The van der Waals surface area contributed by atoms with Crippen molar-refractivity contribution in [1.29, 1.82) is 0 Å². The second-order valence-electron chi connectivity index (χ2n) is 5.67. The maximum atomic E-state index is 12.4. The number of ether oxygens (including phenoxy) is 1. The van der Waals surface area contributed by atoms with E-state index in [1.165, 1.54) is 0 Å². The Hall–Kier alpha value is -1.75. The number of nitrogens with two attached hydrogens (primary N) is 1. The molecule has 0 saturated carbocycles. The van der Waals surface area contributed by atoms with E-state index in [-0.39, 0.29) is 11.6 Å². The highest BCUT2D eigenvalue weighted by Crippen LogP contribution is 2.20. The summed E-state index contributed by atoms with van der Waals surface area (Å²) in [5.41, 5.74) is 6.11. The van der Waals surface area contributed by atoms with E-state index in [2.05, 4.69) is 5.32 Å². The molecule has 5 nitrogen and oxygen atoms in total. The molecule has 0 atom stereocenters. The van der Waals surface area contributed by atoms with E-state index in [9.17, 15) is 4.79 Å². The average molecular weight is 279 g/mol. The van der Waals surface area contributed by atoms with Crippen LogP contribution in [0, 0.1) is 0 Å². The van der Waals surface area contributed by atoms with Gasteiger partial charge in [-0.2, -0.15) is 0 Å². The zero-order valence-corrected chi connectivity index (χ0v) is 12.8. The van der Waals surface area contributed by atoms with Crippen LogP contribution in [0.5, 0.6) is 5.75 Å². The zero-order chi connectivity index (χ0) is 15.2. The molecule has 0 aliphatic heterocycles. The van der Waals surface area contributed by atoms with Crippen molar-refractivity contribution in [2.24, 2.45) is 5.73 Å². The lowest BCUT2D eigenvalue weighted by Gasteiger charge is -2.28. The molecule has 1 aromatic carbocycles. The Labute approximate surface area is 121 Å². The molecule has 0 radical (unpaired) electrons. The number of anilines is 1. The molecular formula is C15H25N3O2. The second-order valence-corrected chi connectivity index (χ2v) is 5.67. The van der Waals surface area contributed by atoms with Gasteiger partial charge in [-0.25, -0.2) is 4.79 Å².